The van der Waals surface area contributed by atoms with Crippen LogP contribution < -0.4 is 10.2 Å². The monoisotopic (exact) mass is 285 g/mol. The molecule has 83 valence electrons. The fourth-order valence-electron chi connectivity index (χ4n) is 0. The first-order chi connectivity index (χ1) is 5.29. The number of rotatable bonds is 2. The summed E-state index contributed by atoms with van der Waals surface area (Å²) in [4.78, 5) is 18.7. The predicted octanol–water partition coefficient (Wildman–Crippen LogP) is -3.77. The van der Waals surface area contributed by atoms with Gasteiger partial charge < -0.3 is 30.0 Å². The molecule has 0 heterocycles. The minimum atomic E-state index is -1.44. The summed E-state index contributed by atoms with van der Waals surface area (Å²) in [6.07, 6.45) is -2.69. The van der Waals surface area contributed by atoms with Gasteiger partial charge in [-0.1, -0.05) is 0 Å². The smallest absolute Gasteiger partial charge is 0.0905 e. The molecule has 2 unspecified atom stereocenters. The van der Waals surface area contributed by atoms with Crippen LogP contribution in [-0.4, -0.2) is 34.4 Å². The van der Waals surface area contributed by atoms with Crippen LogP contribution in [0.3, 0.4) is 0 Å². The Morgan fingerprint density at radius 1 is 1.00 bits per heavy atom. The Labute approximate surface area is 90.7 Å². The molecule has 2 atom stereocenters. The summed E-state index contributed by atoms with van der Waals surface area (Å²) in [6.45, 7) is 2.27. The third-order valence-electron chi connectivity index (χ3n) is 0.682. The van der Waals surface area contributed by atoms with Gasteiger partial charge in [-0.25, -0.2) is 0 Å². The first-order valence-electron chi connectivity index (χ1n) is 3.06. The molecule has 0 fully saturated rings. The van der Waals surface area contributed by atoms with Crippen molar-refractivity contribution in [2.75, 3.05) is 0 Å². The number of aliphatic hydroxyl groups is 2. The van der Waals surface area contributed by atoms with Gasteiger partial charge in [-0.15, -0.1) is 0 Å². The third-order valence-corrected chi connectivity index (χ3v) is 0.682. The van der Waals surface area contributed by atoms with E-state index in [2.05, 4.69) is 0 Å². The molecule has 0 aromatic rings. The molecule has 0 aromatic heterocycles. The standard InChI is InChI=1S/2C3H6O3.Ag/c2*1-2(4)3(5)6;/h2*2,4H,1H3,(H,5,6);/p-2. The molecule has 0 saturated carbocycles. The summed E-state index contributed by atoms with van der Waals surface area (Å²) >= 11 is 0. The molecular formula is C6H10AgO6-2. The summed E-state index contributed by atoms with van der Waals surface area (Å²) in [7, 11) is 0. The number of aliphatic hydroxyl groups excluding tert-OH is 2. The van der Waals surface area contributed by atoms with Crippen molar-refractivity contribution in [2.45, 2.75) is 26.1 Å². The number of carbonyl (C=O) groups is 2. The molecule has 6 nitrogen and oxygen atoms in total. The maximum atomic E-state index is 9.34. The quantitative estimate of drug-likeness (QED) is 0.503. The van der Waals surface area contributed by atoms with Crippen molar-refractivity contribution in [3.8, 4) is 0 Å². The average molecular weight is 286 g/mol. The number of hydrogen-bond acceptors (Lipinski definition) is 6. The Morgan fingerprint density at radius 2 is 1.08 bits per heavy atom. The zero-order chi connectivity index (χ0) is 10.3. The Kier molecular flexibility index (Phi) is 13.7. The number of hydrogen-bond donors (Lipinski definition) is 2. The van der Waals surface area contributed by atoms with Crippen LogP contribution in [0.2, 0.25) is 0 Å². The fraction of sp³-hybridized carbons (Fsp3) is 0.667. The van der Waals surface area contributed by atoms with Crippen molar-refractivity contribution < 1.29 is 52.4 Å². The number of carbonyl (C=O) groups excluding carboxylic acids is 2. The minimum absolute atomic E-state index is 0. The van der Waals surface area contributed by atoms with Gasteiger partial charge in [0, 0.05) is 22.4 Å². The van der Waals surface area contributed by atoms with Crippen LogP contribution in [0.25, 0.3) is 0 Å². The van der Waals surface area contributed by atoms with E-state index in [0.29, 0.717) is 0 Å². The van der Waals surface area contributed by atoms with Crippen molar-refractivity contribution in [2.24, 2.45) is 0 Å². The average Bonchev–Trinajstić information content (AvgIpc) is 1.88. The molecule has 7 heteroatoms. The van der Waals surface area contributed by atoms with Gasteiger partial charge in [0.1, 0.15) is 0 Å². The van der Waals surface area contributed by atoms with Gasteiger partial charge >= 0.3 is 0 Å². The van der Waals surface area contributed by atoms with Crippen molar-refractivity contribution >= 4 is 11.9 Å². The van der Waals surface area contributed by atoms with Gasteiger partial charge in [-0.3, -0.25) is 0 Å². The third kappa shape index (κ3) is 18.5. The van der Waals surface area contributed by atoms with Crippen LogP contribution >= 0.6 is 0 Å². The van der Waals surface area contributed by atoms with E-state index >= 15 is 0 Å². The molecule has 0 aliphatic rings. The van der Waals surface area contributed by atoms with E-state index in [-0.39, 0.29) is 22.4 Å². The van der Waals surface area contributed by atoms with Gasteiger partial charge in [0.15, 0.2) is 0 Å². The van der Waals surface area contributed by atoms with E-state index < -0.39 is 24.1 Å². The van der Waals surface area contributed by atoms with E-state index in [1.807, 2.05) is 0 Å². The first kappa shape index (κ1) is 18.4. The van der Waals surface area contributed by atoms with Crippen LogP contribution in [0.5, 0.6) is 0 Å². The topological polar surface area (TPSA) is 121 Å². The van der Waals surface area contributed by atoms with Gasteiger partial charge in [-0.05, 0) is 13.8 Å². The Balaban J connectivity index is -0.000000143. The van der Waals surface area contributed by atoms with Crippen LogP contribution in [0.15, 0.2) is 0 Å². The molecular weight excluding hydrogens is 276 g/mol. The molecule has 1 radical (unpaired) electrons. The number of aliphatic carboxylic acids is 2. The number of carboxylic acids is 2. The van der Waals surface area contributed by atoms with E-state index in [4.69, 9.17) is 10.2 Å². The van der Waals surface area contributed by atoms with Crippen LogP contribution in [0.4, 0.5) is 0 Å². The van der Waals surface area contributed by atoms with E-state index in [1.54, 1.807) is 0 Å². The molecule has 0 aromatic carbocycles. The zero-order valence-corrected chi connectivity index (χ0v) is 8.47. The number of carboxylic acid groups (broad SMARTS) is 2. The van der Waals surface area contributed by atoms with Gasteiger partial charge in [0.2, 0.25) is 0 Å². The van der Waals surface area contributed by atoms with Gasteiger partial charge in [0.05, 0.1) is 24.1 Å². The van der Waals surface area contributed by atoms with E-state index in [9.17, 15) is 19.8 Å². The second-order valence-corrected chi connectivity index (χ2v) is 1.99. The van der Waals surface area contributed by atoms with Gasteiger partial charge in [0.25, 0.3) is 0 Å². The van der Waals surface area contributed by atoms with Crippen molar-refractivity contribution in [1.82, 2.24) is 0 Å². The predicted molar refractivity (Wildman–Crippen MR) is 33.4 cm³/mol. The minimum Gasteiger partial charge on any atom is -0.547 e. The molecule has 0 bridgehead atoms. The largest absolute Gasteiger partial charge is 0.547 e. The molecule has 0 amide bonds. The van der Waals surface area contributed by atoms with E-state index in [1.165, 1.54) is 0 Å². The van der Waals surface area contributed by atoms with Crippen LogP contribution in [0, 0.1) is 0 Å². The summed E-state index contributed by atoms with van der Waals surface area (Å²) in [5, 5.41) is 34.6. The molecule has 0 saturated heterocycles. The molecule has 0 aliphatic heterocycles. The summed E-state index contributed by atoms with van der Waals surface area (Å²) in [5.41, 5.74) is 0. The van der Waals surface area contributed by atoms with Crippen molar-refractivity contribution in [3.05, 3.63) is 0 Å². The van der Waals surface area contributed by atoms with Crippen molar-refractivity contribution in [1.29, 1.82) is 0 Å². The molecule has 0 rings (SSSR count). The van der Waals surface area contributed by atoms with Crippen LogP contribution in [-0.2, 0) is 32.0 Å². The molecule has 13 heavy (non-hydrogen) atoms. The second kappa shape index (κ2) is 9.69. The zero-order valence-electron chi connectivity index (χ0n) is 6.98. The normalized spacial score (nSPS) is 12.6. The molecule has 2 N–H and O–H groups in total. The maximum absolute atomic E-state index is 9.34. The van der Waals surface area contributed by atoms with E-state index in [0.717, 1.165) is 13.8 Å². The molecule has 0 aliphatic carbocycles. The summed E-state index contributed by atoms with van der Waals surface area (Å²) < 4.78 is 0. The Hall–Kier alpha value is -0.400. The van der Waals surface area contributed by atoms with Crippen LogP contribution in [0.1, 0.15) is 13.8 Å². The van der Waals surface area contributed by atoms with Gasteiger partial charge in [-0.2, -0.15) is 0 Å². The summed E-state index contributed by atoms with van der Waals surface area (Å²) in [6, 6.07) is 0. The second-order valence-electron chi connectivity index (χ2n) is 1.99. The first-order valence-corrected chi connectivity index (χ1v) is 3.06. The molecule has 0 spiro atoms. The Morgan fingerprint density at radius 3 is 1.08 bits per heavy atom. The van der Waals surface area contributed by atoms with Crippen molar-refractivity contribution in [3.63, 3.8) is 0 Å². The Bertz CT molecular complexity index is 137. The summed E-state index contributed by atoms with van der Waals surface area (Å²) in [5.74, 6) is -2.87. The SMILES string of the molecule is CC(O)C(=O)[O-].CC(O)C(=O)[O-].[Ag]. The fourth-order valence-corrected chi connectivity index (χ4v) is 0. The maximum Gasteiger partial charge on any atom is 0.0905 e.